The molecule has 1 aromatic rings. The largest absolute Gasteiger partial charge is 0.364 e. The lowest BCUT2D eigenvalue weighted by Crippen LogP contribution is -2.26. The van der Waals surface area contributed by atoms with Gasteiger partial charge in [-0.25, -0.2) is 8.42 Å². The second-order valence-corrected chi connectivity index (χ2v) is 11.4. The number of nitrogens with zero attached hydrogens (tertiary/aromatic N) is 1. The average molecular weight is 390 g/mol. The highest BCUT2D eigenvalue weighted by Crippen LogP contribution is 2.33. The first-order valence-corrected chi connectivity index (χ1v) is 12.3. The van der Waals surface area contributed by atoms with Crippen molar-refractivity contribution in [2.24, 2.45) is 11.8 Å². The number of sulfone groups is 1. The van der Waals surface area contributed by atoms with Crippen LogP contribution < -0.4 is 4.90 Å². The van der Waals surface area contributed by atoms with Crippen molar-refractivity contribution in [1.29, 1.82) is 0 Å². The zero-order valence-electron chi connectivity index (χ0n) is 17.2. The second kappa shape index (κ2) is 8.81. The lowest BCUT2D eigenvalue weighted by molar-refractivity contribution is 0.278. The Bertz CT molecular complexity index is 751. The summed E-state index contributed by atoms with van der Waals surface area (Å²) in [7, 11) is -2.90. The van der Waals surface area contributed by atoms with Gasteiger partial charge in [-0.2, -0.15) is 0 Å². The summed E-state index contributed by atoms with van der Waals surface area (Å²) in [4.78, 5) is 2.39. The van der Waals surface area contributed by atoms with Gasteiger partial charge in [0.25, 0.3) is 0 Å². The van der Waals surface area contributed by atoms with Crippen LogP contribution in [0.3, 0.4) is 0 Å². The fourth-order valence-corrected chi connectivity index (χ4v) is 5.79. The molecule has 27 heavy (non-hydrogen) atoms. The zero-order valence-corrected chi connectivity index (χ0v) is 18.0. The minimum Gasteiger partial charge on any atom is -0.364 e. The molecular weight excluding hydrogens is 354 g/mol. The highest BCUT2D eigenvalue weighted by molar-refractivity contribution is 7.91. The summed E-state index contributed by atoms with van der Waals surface area (Å²) >= 11 is 0. The van der Waals surface area contributed by atoms with Crippen molar-refractivity contribution < 1.29 is 8.42 Å². The van der Waals surface area contributed by atoms with Crippen LogP contribution in [0, 0.1) is 18.8 Å². The standard InChI is InChI=1S/C23H35NO2S/c1-18(2)27(25,26)17-21-8-6-20(7-9-21)10-11-22-12-13-23(16-19(22)3)24-14-4-5-15-24/h4-5,12-13,16,18,20-21H,6-11,14-15,17H2,1-3H3. The molecule has 1 heterocycles. The van der Waals surface area contributed by atoms with Gasteiger partial charge in [0.15, 0.2) is 9.84 Å². The number of aryl methyl sites for hydroxylation is 2. The van der Waals surface area contributed by atoms with Gasteiger partial charge in [-0.15, -0.1) is 0 Å². The van der Waals surface area contributed by atoms with E-state index in [2.05, 4.69) is 42.2 Å². The number of hydrogen-bond acceptors (Lipinski definition) is 3. The molecule has 0 spiro atoms. The molecule has 0 saturated heterocycles. The van der Waals surface area contributed by atoms with Gasteiger partial charge >= 0.3 is 0 Å². The topological polar surface area (TPSA) is 37.4 Å². The fraction of sp³-hybridized carbons (Fsp3) is 0.652. The van der Waals surface area contributed by atoms with Crippen molar-refractivity contribution in [3.05, 3.63) is 41.5 Å². The summed E-state index contributed by atoms with van der Waals surface area (Å²) in [6.07, 6.45) is 11.4. The van der Waals surface area contributed by atoms with Crippen LogP contribution in [0.4, 0.5) is 5.69 Å². The van der Waals surface area contributed by atoms with Gasteiger partial charge in [0, 0.05) is 18.8 Å². The monoisotopic (exact) mass is 389 g/mol. The van der Waals surface area contributed by atoms with Crippen LogP contribution in [-0.4, -0.2) is 32.5 Å². The van der Waals surface area contributed by atoms with E-state index in [4.69, 9.17) is 0 Å². The summed E-state index contributed by atoms with van der Waals surface area (Å²) < 4.78 is 24.3. The van der Waals surface area contributed by atoms with E-state index in [1.807, 2.05) is 0 Å². The van der Waals surface area contributed by atoms with E-state index in [0.29, 0.717) is 11.7 Å². The fourth-order valence-electron chi connectivity index (χ4n) is 4.41. The first-order valence-electron chi connectivity index (χ1n) is 10.6. The maximum atomic E-state index is 12.1. The molecule has 3 rings (SSSR count). The molecule has 1 aromatic carbocycles. The van der Waals surface area contributed by atoms with E-state index in [1.54, 1.807) is 13.8 Å². The van der Waals surface area contributed by atoms with Crippen molar-refractivity contribution in [1.82, 2.24) is 0 Å². The molecule has 0 aromatic heterocycles. The average Bonchev–Trinajstić information content (AvgIpc) is 3.16. The molecule has 4 heteroatoms. The van der Waals surface area contributed by atoms with Crippen LogP contribution in [0.5, 0.6) is 0 Å². The van der Waals surface area contributed by atoms with Crippen LogP contribution in [0.25, 0.3) is 0 Å². The van der Waals surface area contributed by atoms with E-state index in [9.17, 15) is 8.42 Å². The Balaban J connectivity index is 1.46. The molecule has 0 N–H and O–H groups in total. The maximum Gasteiger partial charge on any atom is 0.152 e. The summed E-state index contributed by atoms with van der Waals surface area (Å²) in [6, 6.07) is 6.91. The predicted octanol–water partition coefficient (Wildman–Crippen LogP) is 4.93. The van der Waals surface area contributed by atoms with Gasteiger partial charge in [0.1, 0.15) is 0 Å². The molecule has 1 saturated carbocycles. The summed E-state index contributed by atoms with van der Waals surface area (Å²) in [5.74, 6) is 1.53. The van der Waals surface area contributed by atoms with Gasteiger partial charge in [-0.1, -0.05) is 31.1 Å². The Kier molecular flexibility index (Phi) is 6.67. The molecule has 150 valence electrons. The van der Waals surface area contributed by atoms with E-state index in [-0.39, 0.29) is 5.25 Å². The summed E-state index contributed by atoms with van der Waals surface area (Å²) in [5, 5.41) is -0.238. The molecule has 1 fully saturated rings. The predicted molar refractivity (Wildman–Crippen MR) is 115 cm³/mol. The number of anilines is 1. The quantitative estimate of drug-likeness (QED) is 0.620. The molecule has 0 radical (unpaired) electrons. The third-order valence-electron chi connectivity index (χ3n) is 6.48. The lowest BCUT2D eigenvalue weighted by Gasteiger charge is -2.29. The molecule has 0 bridgehead atoms. The van der Waals surface area contributed by atoms with Crippen LogP contribution in [-0.2, 0) is 16.3 Å². The van der Waals surface area contributed by atoms with Crippen LogP contribution in [0.15, 0.2) is 30.4 Å². The van der Waals surface area contributed by atoms with E-state index in [0.717, 1.165) is 38.3 Å². The van der Waals surface area contributed by atoms with Gasteiger partial charge in [-0.05, 0) is 81.5 Å². The first kappa shape index (κ1) is 20.4. The Labute approximate surface area is 165 Å². The van der Waals surface area contributed by atoms with Crippen molar-refractivity contribution in [2.75, 3.05) is 23.7 Å². The van der Waals surface area contributed by atoms with Crippen molar-refractivity contribution in [2.45, 2.75) is 64.5 Å². The third kappa shape index (κ3) is 5.37. The van der Waals surface area contributed by atoms with E-state index < -0.39 is 9.84 Å². The number of hydrogen-bond donors (Lipinski definition) is 0. The number of rotatable bonds is 7. The minimum atomic E-state index is -2.90. The second-order valence-electron chi connectivity index (χ2n) is 8.79. The van der Waals surface area contributed by atoms with Crippen molar-refractivity contribution in [3.63, 3.8) is 0 Å². The van der Waals surface area contributed by atoms with E-state index in [1.165, 1.54) is 36.1 Å². The molecule has 3 nitrogen and oxygen atoms in total. The molecule has 2 aliphatic rings. The summed E-state index contributed by atoms with van der Waals surface area (Å²) in [6.45, 7) is 7.88. The van der Waals surface area contributed by atoms with Gasteiger partial charge < -0.3 is 4.90 Å². The Hall–Kier alpha value is -1.29. The van der Waals surface area contributed by atoms with Crippen molar-refractivity contribution in [3.8, 4) is 0 Å². The molecule has 0 atom stereocenters. The molecule has 0 amide bonds. The Morgan fingerprint density at radius 1 is 1.04 bits per heavy atom. The first-order chi connectivity index (χ1) is 12.8. The number of benzene rings is 1. The summed E-state index contributed by atoms with van der Waals surface area (Å²) in [5.41, 5.74) is 4.19. The highest BCUT2D eigenvalue weighted by atomic mass is 32.2. The van der Waals surface area contributed by atoms with E-state index >= 15 is 0 Å². The Morgan fingerprint density at radius 2 is 1.67 bits per heavy atom. The SMILES string of the molecule is Cc1cc(N2CC=CC2)ccc1CCC1CCC(CS(=O)(=O)C(C)C)CC1. The minimum absolute atomic E-state index is 0.238. The van der Waals surface area contributed by atoms with Crippen LogP contribution in [0.1, 0.15) is 57.1 Å². The van der Waals surface area contributed by atoms with Crippen LogP contribution >= 0.6 is 0 Å². The van der Waals surface area contributed by atoms with Gasteiger partial charge in [0.05, 0.1) is 11.0 Å². The third-order valence-corrected chi connectivity index (χ3v) is 8.86. The molecular formula is C23H35NO2S. The van der Waals surface area contributed by atoms with Crippen LogP contribution in [0.2, 0.25) is 0 Å². The molecule has 0 unspecified atom stereocenters. The molecule has 1 aliphatic heterocycles. The lowest BCUT2D eigenvalue weighted by atomic mass is 9.80. The van der Waals surface area contributed by atoms with Crippen molar-refractivity contribution >= 4 is 15.5 Å². The smallest absolute Gasteiger partial charge is 0.152 e. The normalized spacial score (nSPS) is 23.3. The highest BCUT2D eigenvalue weighted by Gasteiger charge is 2.27. The molecule has 1 aliphatic carbocycles. The zero-order chi connectivity index (χ0) is 19.4. The van der Waals surface area contributed by atoms with Gasteiger partial charge in [0.2, 0.25) is 0 Å². The van der Waals surface area contributed by atoms with Gasteiger partial charge in [-0.3, -0.25) is 0 Å². The maximum absolute atomic E-state index is 12.1. The Morgan fingerprint density at radius 3 is 2.26 bits per heavy atom.